The monoisotopic (exact) mass is 649 g/mol. The molecule has 8 aromatic carbocycles. The molecule has 9 aromatic rings. The molecule has 1 spiro atoms. The first kappa shape index (κ1) is 28.2. The van der Waals surface area contributed by atoms with Gasteiger partial charge < -0.3 is 9.32 Å². The van der Waals surface area contributed by atoms with Gasteiger partial charge in [-0.05, 0) is 92.5 Å². The number of fused-ring (bicyclic) bond motifs is 13. The zero-order valence-corrected chi connectivity index (χ0v) is 27.8. The van der Waals surface area contributed by atoms with Crippen molar-refractivity contribution in [3.05, 3.63) is 210 Å². The third kappa shape index (κ3) is 3.82. The van der Waals surface area contributed by atoms with E-state index < -0.39 is 5.41 Å². The van der Waals surface area contributed by atoms with E-state index in [9.17, 15) is 0 Å². The first-order valence-electron chi connectivity index (χ1n) is 17.6. The van der Waals surface area contributed by atoms with Crippen molar-refractivity contribution in [1.82, 2.24) is 0 Å². The fourth-order valence-electron chi connectivity index (χ4n) is 9.12. The highest BCUT2D eigenvalue weighted by atomic mass is 16.3. The van der Waals surface area contributed by atoms with Gasteiger partial charge in [0.1, 0.15) is 11.2 Å². The van der Waals surface area contributed by atoms with E-state index in [-0.39, 0.29) is 0 Å². The maximum atomic E-state index is 6.24. The molecule has 0 saturated heterocycles. The quantitative estimate of drug-likeness (QED) is 0.189. The maximum absolute atomic E-state index is 6.24. The Morgan fingerprint density at radius 3 is 1.65 bits per heavy atom. The summed E-state index contributed by atoms with van der Waals surface area (Å²) in [7, 11) is 0. The van der Waals surface area contributed by atoms with Crippen LogP contribution < -0.4 is 4.90 Å². The van der Waals surface area contributed by atoms with E-state index in [0.717, 1.165) is 38.9 Å². The fourth-order valence-corrected chi connectivity index (χ4v) is 9.12. The van der Waals surface area contributed by atoms with Crippen molar-refractivity contribution in [3.8, 4) is 33.4 Å². The zero-order valence-electron chi connectivity index (χ0n) is 27.8. The third-order valence-corrected chi connectivity index (χ3v) is 11.1. The van der Waals surface area contributed by atoms with Crippen LogP contribution in [0.2, 0.25) is 0 Å². The minimum Gasteiger partial charge on any atom is -0.456 e. The van der Waals surface area contributed by atoms with Crippen LogP contribution in [0.5, 0.6) is 0 Å². The van der Waals surface area contributed by atoms with Crippen LogP contribution in [0.25, 0.3) is 55.3 Å². The van der Waals surface area contributed by atoms with Crippen molar-refractivity contribution in [2.24, 2.45) is 0 Å². The second kappa shape index (κ2) is 10.7. The van der Waals surface area contributed by atoms with Gasteiger partial charge in [-0.1, -0.05) is 146 Å². The van der Waals surface area contributed by atoms with Gasteiger partial charge in [-0.25, -0.2) is 0 Å². The van der Waals surface area contributed by atoms with E-state index in [1.165, 1.54) is 55.8 Å². The summed E-state index contributed by atoms with van der Waals surface area (Å²) in [6.07, 6.45) is 0. The molecule has 0 aliphatic heterocycles. The van der Waals surface area contributed by atoms with E-state index in [1.54, 1.807) is 0 Å². The summed E-state index contributed by atoms with van der Waals surface area (Å²) >= 11 is 0. The summed E-state index contributed by atoms with van der Waals surface area (Å²) in [6, 6.07) is 68.4. The van der Waals surface area contributed by atoms with Crippen molar-refractivity contribution in [2.45, 2.75) is 5.41 Å². The van der Waals surface area contributed by atoms with Crippen LogP contribution in [-0.2, 0) is 5.41 Å². The molecular weight excluding hydrogens is 619 g/mol. The molecule has 0 N–H and O–H groups in total. The molecule has 1 aromatic heterocycles. The topological polar surface area (TPSA) is 16.4 Å². The highest BCUT2D eigenvalue weighted by Gasteiger charge is 2.52. The van der Waals surface area contributed by atoms with Crippen molar-refractivity contribution in [3.63, 3.8) is 0 Å². The SMILES string of the molecule is c1ccc(N(c2ccc(-c3cccc4oc5ccccc5c34)cc2)c2cccc3c2-c2ccccc2C32c3ccccc3-c3ccccc32)cc1. The van der Waals surface area contributed by atoms with Crippen LogP contribution in [0.3, 0.4) is 0 Å². The first-order valence-corrected chi connectivity index (χ1v) is 17.6. The Hall–Kier alpha value is -6.64. The summed E-state index contributed by atoms with van der Waals surface area (Å²) in [4.78, 5) is 2.43. The molecule has 0 amide bonds. The highest BCUT2D eigenvalue weighted by Crippen LogP contribution is 2.64. The fraction of sp³-hybridized carbons (Fsp3) is 0.0204. The van der Waals surface area contributed by atoms with Gasteiger partial charge in [0, 0.05) is 27.7 Å². The Bertz CT molecular complexity index is 2760. The minimum absolute atomic E-state index is 0.395. The summed E-state index contributed by atoms with van der Waals surface area (Å²) in [6.45, 7) is 0. The zero-order chi connectivity index (χ0) is 33.5. The van der Waals surface area contributed by atoms with Gasteiger partial charge in [0.2, 0.25) is 0 Å². The molecule has 0 saturated carbocycles. The van der Waals surface area contributed by atoms with Crippen molar-refractivity contribution >= 4 is 39.0 Å². The number of nitrogens with zero attached hydrogens (tertiary/aromatic N) is 1. The van der Waals surface area contributed by atoms with Crippen LogP contribution in [-0.4, -0.2) is 0 Å². The second-order valence-corrected chi connectivity index (χ2v) is 13.6. The number of para-hydroxylation sites is 2. The van der Waals surface area contributed by atoms with E-state index in [2.05, 4.69) is 181 Å². The molecule has 0 unspecified atom stereocenters. The lowest BCUT2D eigenvalue weighted by atomic mass is 9.70. The summed E-state index contributed by atoms with van der Waals surface area (Å²) < 4.78 is 6.24. The molecule has 11 rings (SSSR count). The van der Waals surface area contributed by atoms with Crippen LogP contribution in [0.1, 0.15) is 22.3 Å². The van der Waals surface area contributed by atoms with E-state index in [1.807, 2.05) is 12.1 Å². The summed E-state index contributed by atoms with van der Waals surface area (Å²) in [5.41, 5.74) is 17.7. The van der Waals surface area contributed by atoms with Gasteiger partial charge >= 0.3 is 0 Å². The third-order valence-electron chi connectivity index (χ3n) is 11.1. The Morgan fingerprint density at radius 1 is 0.373 bits per heavy atom. The van der Waals surface area contributed by atoms with Crippen LogP contribution >= 0.6 is 0 Å². The van der Waals surface area contributed by atoms with E-state index >= 15 is 0 Å². The number of benzene rings is 8. The molecule has 0 bridgehead atoms. The van der Waals surface area contributed by atoms with E-state index in [4.69, 9.17) is 4.42 Å². The molecule has 2 heteroatoms. The van der Waals surface area contributed by atoms with Crippen molar-refractivity contribution < 1.29 is 4.42 Å². The van der Waals surface area contributed by atoms with Gasteiger partial charge in [0.15, 0.2) is 0 Å². The van der Waals surface area contributed by atoms with Crippen LogP contribution in [0, 0.1) is 0 Å². The lowest BCUT2D eigenvalue weighted by molar-refractivity contribution is 0.669. The predicted octanol–water partition coefficient (Wildman–Crippen LogP) is 13.1. The lowest BCUT2D eigenvalue weighted by Gasteiger charge is -2.31. The number of hydrogen-bond donors (Lipinski definition) is 0. The number of furan rings is 1. The van der Waals surface area contributed by atoms with Crippen LogP contribution in [0.15, 0.2) is 192 Å². The molecule has 0 atom stereocenters. The van der Waals surface area contributed by atoms with E-state index in [0.29, 0.717) is 0 Å². The summed E-state index contributed by atoms with van der Waals surface area (Å²) in [5.74, 6) is 0. The average molecular weight is 650 g/mol. The second-order valence-electron chi connectivity index (χ2n) is 13.6. The Labute approximate surface area is 296 Å². The smallest absolute Gasteiger partial charge is 0.136 e. The van der Waals surface area contributed by atoms with Crippen LogP contribution in [0.4, 0.5) is 17.1 Å². The molecule has 2 nitrogen and oxygen atoms in total. The molecule has 2 aliphatic rings. The highest BCUT2D eigenvalue weighted by molar-refractivity contribution is 6.12. The first-order chi connectivity index (χ1) is 25.3. The minimum atomic E-state index is -0.395. The van der Waals surface area contributed by atoms with Crippen molar-refractivity contribution in [2.75, 3.05) is 4.90 Å². The number of hydrogen-bond acceptors (Lipinski definition) is 2. The molecule has 2 aliphatic carbocycles. The number of rotatable bonds is 4. The number of anilines is 3. The van der Waals surface area contributed by atoms with Gasteiger partial charge in [-0.3, -0.25) is 0 Å². The molecular formula is C49H31NO. The lowest BCUT2D eigenvalue weighted by Crippen LogP contribution is -2.26. The van der Waals surface area contributed by atoms with Gasteiger partial charge in [0.25, 0.3) is 0 Å². The van der Waals surface area contributed by atoms with Gasteiger partial charge in [-0.2, -0.15) is 0 Å². The molecule has 0 fully saturated rings. The Kier molecular flexibility index (Phi) is 5.91. The molecule has 0 radical (unpaired) electrons. The molecule has 1 heterocycles. The largest absolute Gasteiger partial charge is 0.456 e. The van der Waals surface area contributed by atoms with Gasteiger partial charge in [0.05, 0.1) is 11.1 Å². The maximum Gasteiger partial charge on any atom is 0.136 e. The average Bonchev–Trinajstić information content (AvgIpc) is 3.83. The van der Waals surface area contributed by atoms with Gasteiger partial charge in [-0.15, -0.1) is 0 Å². The Morgan fingerprint density at radius 2 is 0.902 bits per heavy atom. The predicted molar refractivity (Wildman–Crippen MR) is 210 cm³/mol. The standard InChI is InChI=1S/C49H31NO/c1-2-14-33(15-3-1)50(34-30-28-32(29-31-34)35-20-12-27-46-47(35)39-19-7-11-26-45(39)51-46)44-25-13-24-43-48(44)38-18-6-10-23-42(38)49(43)40-21-8-4-16-36(40)37-17-5-9-22-41(37)49/h1-31H. The normalized spacial score (nSPS) is 13.3. The molecule has 238 valence electrons. The summed E-state index contributed by atoms with van der Waals surface area (Å²) in [5, 5.41) is 2.29. The molecule has 51 heavy (non-hydrogen) atoms. The van der Waals surface area contributed by atoms with Crippen molar-refractivity contribution in [1.29, 1.82) is 0 Å². The Balaban J connectivity index is 1.14.